The van der Waals surface area contributed by atoms with E-state index in [4.69, 9.17) is 10.7 Å². The molecule has 2 aliphatic rings. The summed E-state index contributed by atoms with van der Waals surface area (Å²) in [5.74, 6) is -0.325. The Balaban J connectivity index is 1.34. The lowest BCUT2D eigenvalue weighted by Crippen LogP contribution is -2.40. The van der Waals surface area contributed by atoms with Gasteiger partial charge in [0.15, 0.2) is 9.84 Å². The molecule has 0 aliphatic carbocycles. The first-order valence-corrected chi connectivity index (χ1v) is 12.2. The molecule has 2 aliphatic heterocycles. The van der Waals surface area contributed by atoms with Crippen molar-refractivity contribution in [1.82, 2.24) is 15.2 Å². The molecule has 0 spiro atoms. The molecule has 1 aromatic heterocycles. The van der Waals surface area contributed by atoms with E-state index in [1.807, 2.05) is 29.2 Å². The number of carbonyl (C=O) groups excluding carboxylic acids is 2. The number of benzene rings is 1. The lowest BCUT2D eigenvalue weighted by Gasteiger charge is -2.32. The van der Waals surface area contributed by atoms with Gasteiger partial charge in [-0.25, -0.2) is 8.42 Å². The van der Waals surface area contributed by atoms with E-state index in [0.717, 1.165) is 10.9 Å². The maximum absolute atomic E-state index is 12.6. The van der Waals surface area contributed by atoms with Crippen LogP contribution in [0.25, 0.3) is 10.9 Å². The predicted octanol–water partition coefficient (Wildman–Crippen LogP) is 1.33. The van der Waals surface area contributed by atoms with Crippen molar-refractivity contribution in [3.63, 3.8) is 0 Å². The van der Waals surface area contributed by atoms with Crippen molar-refractivity contribution in [2.45, 2.75) is 31.2 Å². The van der Waals surface area contributed by atoms with Gasteiger partial charge in [-0.2, -0.15) is 0 Å². The molecule has 164 valence electrons. The van der Waals surface area contributed by atoms with Crippen molar-refractivity contribution in [2.75, 3.05) is 25.4 Å². The molecule has 4 rings (SSSR count). The van der Waals surface area contributed by atoms with Crippen LogP contribution in [0, 0.1) is 0 Å². The van der Waals surface area contributed by atoms with Gasteiger partial charge in [-0.15, -0.1) is 0 Å². The van der Waals surface area contributed by atoms with Crippen molar-refractivity contribution in [2.24, 2.45) is 5.73 Å². The molecule has 1 fully saturated rings. The van der Waals surface area contributed by atoms with Gasteiger partial charge < -0.3 is 16.0 Å². The zero-order chi connectivity index (χ0) is 22.0. The van der Waals surface area contributed by atoms with E-state index in [0.29, 0.717) is 50.2 Å². The highest BCUT2D eigenvalue weighted by molar-refractivity contribution is 7.94. The molecule has 2 amide bonds. The van der Waals surface area contributed by atoms with Crippen LogP contribution in [-0.4, -0.2) is 61.5 Å². The van der Waals surface area contributed by atoms with Gasteiger partial charge >= 0.3 is 0 Å². The molecule has 0 saturated carbocycles. The third kappa shape index (κ3) is 4.94. The Bertz CT molecular complexity index is 1140. The van der Waals surface area contributed by atoms with Gasteiger partial charge in [0.1, 0.15) is 0 Å². The third-order valence-electron chi connectivity index (χ3n) is 5.93. The van der Waals surface area contributed by atoms with Crippen LogP contribution in [0.15, 0.2) is 41.8 Å². The van der Waals surface area contributed by atoms with E-state index in [1.54, 1.807) is 12.1 Å². The number of aromatic nitrogens is 1. The predicted molar refractivity (Wildman–Crippen MR) is 118 cm³/mol. The number of carbonyl (C=O) groups is 2. The Hall–Kier alpha value is -2.78. The second kappa shape index (κ2) is 8.76. The van der Waals surface area contributed by atoms with Crippen LogP contribution in [0.4, 0.5) is 0 Å². The number of nitrogens with one attached hydrogen (secondary N) is 1. The summed E-state index contributed by atoms with van der Waals surface area (Å²) in [4.78, 5) is 31.1. The van der Waals surface area contributed by atoms with Gasteiger partial charge in [-0.3, -0.25) is 14.6 Å². The number of para-hydroxylation sites is 1. The van der Waals surface area contributed by atoms with Crippen molar-refractivity contribution >= 4 is 32.6 Å². The molecule has 31 heavy (non-hydrogen) atoms. The zero-order valence-corrected chi connectivity index (χ0v) is 18.0. The number of amides is 2. The van der Waals surface area contributed by atoms with Crippen molar-refractivity contribution in [1.29, 1.82) is 0 Å². The minimum absolute atomic E-state index is 0.0392. The summed E-state index contributed by atoms with van der Waals surface area (Å²) in [5, 5.41) is 5.20. The summed E-state index contributed by atoms with van der Waals surface area (Å²) in [6.07, 6.45) is 3.37. The fourth-order valence-electron chi connectivity index (χ4n) is 4.27. The highest BCUT2D eigenvalue weighted by Gasteiger charge is 2.28. The maximum atomic E-state index is 12.6. The Morgan fingerprint density at radius 1 is 1.19 bits per heavy atom. The molecule has 2 aromatic rings. The number of pyridine rings is 1. The molecule has 3 heterocycles. The van der Waals surface area contributed by atoms with Gasteiger partial charge in [-0.1, -0.05) is 24.3 Å². The maximum Gasteiger partial charge on any atom is 0.250 e. The standard InChI is InChI=1S/C22H26N4O4S/c23-22(28)18-13-16-3-1-2-4-19(16)25-21(18)15-6-10-26(11-7-15)20(27)5-9-24-17-8-12-31(29,30)14-17/h1-4,8,12-13,15,17,24H,5-7,9-11,14H2,(H2,23,28)/t17-/m0/s1. The molecule has 0 unspecified atom stereocenters. The summed E-state index contributed by atoms with van der Waals surface area (Å²) in [6.45, 7) is 1.61. The first-order valence-electron chi connectivity index (χ1n) is 10.4. The van der Waals surface area contributed by atoms with Crippen molar-refractivity contribution < 1.29 is 18.0 Å². The molecule has 3 N–H and O–H groups in total. The SMILES string of the molecule is NC(=O)c1cc2ccccc2nc1C1CCN(C(=O)CCN[C@H]2C=CS(=O)(=O)C2)CC1. The van der Waals surface area contributed by atoms with E-state index in [-0.39, 0.29) is 23.6 Å². The number of nitrogens with two attached hydrogens (primary N) is 1. The quantitative estimate of drug-likeness (QED) is 0.696. The highest BCUT2D eigenvalue weighted by atomic mass is 32.2. The number of primary amides is 1. The van der Waals surface area contributed by atoms with Crippen LogP contribution in [0.1, 0.15) is 41.2 Å². The highest BCUT2D eigenvalue weighted by Crippen LogP contribution is 2.31. The van der Waals surface area contributed by atoms with Gasteiger partial charge in [0.2, 0.25) is 5.91 Å². The van der Waals surface area contributed by atoms with E-state index < -0.39 is 15.7 Å². The van der Waals surface area contributed by atoms with E-state index in [2.05, 4.69) is 5.32 Å². The lowest BCUT2D eigenvalue weighted by atomic mass is 9.89. The van der Waals surface area contributed by atoms with Gasteiger partial charge in [0.25, 0.3) is 5.91 Å². The Labute approximate surface area is 181 Å². The number of rotatable bonds is 6. The van der Waals surface area contributed by atoms with E-state index >= 15 is 0 Å². The summed E-state index contributed by atoms with van der Waals surface area (Å²) in [6, 6.07) is 9.21. The van der Waals surface area contributed by atoms with Crippen LogP contribution in [0.3, 0.4) is 0 Å². The second-order valence-electron chi connectivity index (χ2n) is 8.10. The third-order valence-corrected chi connectivity index (χ3v) is 7.32. The van der Waals surface area contributed by atoms with Crippen molar-refractivity contribution in [3.8, 4) is 0 Å². The van der Waals surface area contributed by atoms with Gasteiger partial charge in [-0.05, 0) is 25.0 Å². The first-order chi connectivity index (χ1) is 14.8. The average molecular weight is 443 g/mol. The Morgan fingerprint density at radius 3 is 2.61 bits per heavy atom. The average Bonchev–Trinajstić information content (AvgIpc) is 3.11. The summed E-state index contributed by atoms with van der Waals surface area (Å²) in [5.41, 5.74) is 7.62. The normalized spacial score (nSPS) is 20.9. The lowest BCUT2D eigenvalue weighted by molar-refractivity contribution is -0.132. The van der Waals surface area contributed by atoms with E-state index in [1.165, 1.54) is 5.41 Å². The van der Waals surface area contributed by atoms with Crippen LogP contribution >= 0.6 is 0 Å². The molecular formula is C22H26N4O4S. The number of piperidine rings is 1. The topological polar surface area (TPSA) is 122 Å². The summed E-state index contributed by atoms with van der Waals surface area (Å²) >= 11 is 0. The minimum Gasteiger partial charge on any atom is -0.366 e. The number of fused-ring (bicyclic) bond motifs is 1. The number of hydrogen-bond acceptors (Lipinski definition) is 6. The largest absolute Gasteiger partial charge is 0.366 e. The van der Waals surface area contributed by atoms with Crippen LogP contribution in [-0.2, 0) is 14.6 Å². The second-order valence-corrected chi connectivity index (χ2v) is 10.0. The smallest absolute Gasteiger partial charge is 0.250 e. The van der Waals surface area contributed by atoms with Crippen LogP contribution in [0.2, 0.25) is 0 Å². The minimum atomic E-state index is -3.10. The molecule has 0 radical (unpaired) electrons. The molecule has 9 heteroatoms. The molecule has 1 saturated heterocycles. The molecule has 0 bridgehead atoms. The zero-order valence-electron chi connectivity index (χ0n) is 17.2. The first kappa shape index (κ1) is 21.5. The fourth-order valence-corrected chi connectivity index (χ4v) is 5.54. The Morgan fingerprint density at radius 2 is 1.94 bits per heavy atom. The number of nitrogens with zero attached hydrogens (tertiary/aromatic N) is 2. The van der Waals surface area contributed by atoms with Crippen molar-refractivity contribution in [3.05, 3.63) is 53.1 Å². The monoisotopic (exact) mass is 442 g/mol. The summed E-state index contributed by atoms with van der Waals surface area (Å²) < 4.78 is 22.9. The summed E-state index contributed by atoms with van der Waals surface area (Å²) in [7, 11) is -3.10. The number of hydrogen-bond donors (Lipinski definition) is 2. The molecule has 8 nitrogen and oxygen atoms in total. The number of sulfone groups is 1. The van der Waals surface area contributed by atoms with E-state index in [9.17, 15) is 18.0 Å². The molecular weight excluding hydrogens is 416 g/mol. The van der Waals surface area contributed by atoms with Crippen LogP contribution in [0.5, 0.6) is 0 Å². The van der Waals surface area contributed by atoms with Gasteiger partial charge in [0, 0.05) is 48.8 Å². The fraction of sp³-hybridized carbons (Fsp3) is 0.409. The number of likely N-dealkylation sites (tertiary alicyclic amines) is 1. The molecule has 1 aromatic carbocycles. The molecule has 1 atom stereocenters. The van der Waals surface area contributed by atoms with Gasteiger partial charge in [0.05, 0.1) is 22.5 Å². The van der Waals surface area contributed by atoms with Crippen LogP contribution < -0.4 is 11.1 Å². The Kier molecular flexibility index (Phi) is 6.06.